The van der Waals surface area contributed by atoms with Crippen molar-refractivity contribution in [2.45, 2.75) is 24.0 Å². The van der Waals surface area contributed by atoms with E-state index in [9.17, 15) is 10.1 Å². The predicted molar refractivity (Wildman–Crippen MR) is 60.2 cm³/mol. The van der Waals surface area contributed by atoms with Crippen LogP contribution in [0, 0.1) is 17.0 Å². The molecule has 0 aromatic heterocycles. The van der Waals surface area contributed by atoms with E-state index in [2.05, 4.69) is 0 Å². The monoisotopic (exact) mass is 227 g/mol. The van der Waals surface area contributed by atoms with Gasteiger partial charge in [-0.1, -0.05) is 13.0 Å². The van der Waals surface area contributed by atoms with Crippen molar-refractivity contribution < 1.29 is 10.0 Å². The second-order valence-electron chi connectivity index (χ2n) is 3.27. The molecule has 1 rings (SSSR count). The number of hydrogen-bond donors (Lipinski definition) is 1. The largest absolute Gasteiger partial charge is 0.395 e. The minimum absolute atomic E-state index is 0.0469. The summed E-state index contributed by atoms with van der Waals surface area (Å²) in [6.07, 6.45) is 0. The molecule has 0 fully saturated rings. The lowest BCUT2D eigenvalue weighted by Gasteiger charge is -2.09. The summed E-state index contributed by atoms with van der Waals surface area (Å²) in [6.45, 7) is 3.67. The lowest BCUT2D eigenvalue weighted by Crippen LogP contribution is -2.02. The van der Waals surface area contributed by atoms with Crippen LogP contribution in [0.1, 0.15) is 12.5 Å². The van der Waals surface area contributed by atoms with E-state index in [-0.39, 0.29) is 22.5 Å². The van der Waals surface area contributed by atoms with E-state index in [1.165, 1.54) is 17.8 Å². The predicted octanol–water partition coefficient (Wildman–Crippen LogP) is 2.38. The molecule has 0 heterocycles. The molecule has 0 saturated carbocycles. The Morgan fingerprint density at radius 3 is 2.80 bits per heavy atom. The van der Waals surface area contributed by atoms with Crippen LogP contribution >= 0.6 is 11.8 Å². The molecule has 1 unspecified atom stereocenters. The first kappa shape index (κ1) is 12.0. The Hall–Kier alpha value is -1.07. The summed E-state index contributed by atoms with van der Waals surface area (Å²) in [5.41, 5.74) is 0.790. The number of thioether (sulfide) groups is 1. The molecule has 0 saturated heterocycles. The fourth-order valence-electron chi connectivity index (χ4n) is 1.18. The van der Waals surface area contributed by atoms with Crippen LogP contribution in [0.4, 0.5) is 5.69 Å². The number of aliphatic hydroxyl groups is 1. The number of nitrogens with zero attached hydrogens (tertiary/aromatic N) is 1. The second-order valence-corrected chi connectivity index (χ2v) is 4.75. The Labute approximate surface area is 92.5 Å². The molecule has 4 nitrogen and oxygen atoms in total. The highest BCUT2D eigenvalue weighted by atomic mass is 32.2. The molecule has 1 aromatic carbocycles. The number of nitro groups is 1. The molecule has 1 aromatic rings. The number of nitro benzene ring substituents is 1. The van der Waals surface area contributed by atoms with Crippen molar-refractivity contribution in [2.24, 2.45) is 0 Å². The van der Waals surface area contributed by atoms with Gasteiger partial charge in [0.05, 0.1) is 11.5 Å². The van der Waals surface area contributed by atoms with Gasteiger partial charge in [-0.2, -0.15) is 0 Å². The first-order valence-corrected chi connectivity index (χ1v) is 5.45. The van der Waals surface area contributed by atoms with Crippen molar-refractivity contribution in [2.75, 3.05) is 6.61 Å². The summed E-state index contributed by atoms with van der Waals surface area (Å²) in [6, 6.07) is 4.99. The Bertz CT molecular complexity index is 368. The van der Waals surface area contributed by atoms with E-state index in [0.29, 0.717) is 5.56 Å². The summed E-state index contributed by atoms with van der Waals surface area (Å²) < 4.78 is 0. The zero-order valence-corrected chi connectivity index (χ0v) is 9.45. The van der Waals surface area contributed by atoms with E-state index in [1.54, 1.807) is 13.0 Å². The number of aliphatic hydroxyl groups excluding tert-OH is 1. The highest BCUT2D eigenvalue weighted by molar-refractivity contribution is 8.00. The summed E-state index contributed by atoms with van der Waals surface area (Å²) >= 11 is 1.45. The normalized spacial score (nSPS) is 12.5. The highest BCUT2D eigenvalue weighted by Gasteiger charge is 2.14. The first-order valence-electron chi connectivity index (χ1n) is 4.57. The van der Waals surface area contributed by atoms with Crippen LogP contribution in [0.15, 0.2) is 23.1 Å². The molecular formula is C10H13NO3S. The van der Waals surface area contributed by atoms with Crippen LogP contribution in [0.5, 0.6) is 0 Å². The van der Waals surface area contributed by atoms with Crippen LogP contribution in [0.2, 0.25) is 0 Å². The van der Waals surface area contributed by atoms with Gasteiger partial charge in [-0.05, 0) is 13.0 Å². The van der Waals surface area contributed by atoms with Crippen molar-refractivity contribution in [3.05, 3.63) is 33.9 Å². The van der Waals surface area contributed by atoms with Crippen LogP contribution in [0.3, 0.4) is 0 Å². The molecule has 15 heavy (non-hydrogen) atoms. The molecule has 82 valence electrons. The lowest BCUT2D eigenvalue weighted by molar-refractivity contribution is -0.385. The Morgan fingerprint density at radius 2 is 2.27 bits per heavy atom. The van der Waals surface area contributed by atoms with Gasteiger partial charge in [-0.25, -0.2) is 0 Å². The van der Waals surface area contributed by atoms with Crippen LogP contribution < -0.4 is 0 Å². The zero-order valence-electron chi connectivity index (χ0n) is 8.64. The van der Waals surface area contributed by atoms with E-state index in [1.807, 2.05) is 13.0 Å². The molecule has 5 heteroatoms. The summed E-state index contributed by atoms with van der Waals surface area (Å²) in [5, 5.41) is 19.6. The van der Waals surface area contributed by atoms with Crippen LogP contribution in [0.25, 0.3) is 0 Å². The third kappa shape index (κ3) is 2.94. The van der Waals surface area contributed by atoms with Crippen LogP contribution in [-0.4, -0.2) is 21.9 Å². The third-order valence-electron chi connectivity index (χ3n) is 2.04. The molecule has 0 aliphatic heterocycles. The number of rotatable bonds is 4. The van der Waals surface area contributed by atoms with E-state index < -0.39 is 0 Å². The quantitative estimate of drug-likeness (QED) is 0.487. The standard InChI is InChI=1S/C10H13NO3S/c1-7(6-12)15-10-5-3-4-9(8(10)2)11(13)14/h3-5,7,12H,6H2,1-2H3. The van der Waals surface area contributed by atoms with Gasteiger partial charge in [0.1, 0.15) is 0 Å². The van der Waals surface area contributed by atoms with Gasteiger partial charge in [-0.3, -0.25) is 10.1 Å². The maximum atomic E-state index is 10.7. The third-order valence-corrected chi connectivity index (χ3v) is 3.29. The molecule has 0 radical (unpaired) electrons. The van der Waals surface area contributed by atoms with Crippen molar-refractivity contribution >= 4 is 17.4 Å². The molecule has 0 aliphatic rings. The van der Waals surface area contributed by atoms with Crippen molar-refractivity contribution in [3.63, 3.8) is 0 Å². The highest BCUT2D eigenvalue weighted by Crippen LogP contribution is 2.31. The van der Waals surface area contributed by atoms with Crippen molar-refractivity contribution in [1.29, 1.82) is 0 Å². The molecule has 1 atom stereocenters. The van der Waals surface area contributed by atoms with E-state index >= 15 is 0 Å². The second kappa shape index (κ2) is 5.14. The maximum absolute atomic E-state index is 10.7. The molecule has 0 spiro atoms. The van der Waals surface area contributed by atoms with Crippen molar-refractivity contribution in [1.82, 2.24) is 0 Å². The van der Waals surface area contributed by atoms with Gasteiger partial charge in [0.25, 0.3) is 5.69 Å². The Morgan fingerprint density at radius 1 is 1.60 bits per heavy atom. The molecule has 1 N–H and O–H groups in total. The van der Waals surface area contributed by atoms with Gasteiger partial charge < -0.3 is 5.11 Å². The summed E-state index contributed by atoms with van der Waals surface area (Å²) in [4.78, 5) is 11.1. The SMILES string of the molecule is Cc1c(SC(C)CO)cccc1[N+](=O)[O-]. The van der Waals surface area contributed by atoms with Crippen molar-refractivity contribution in [3.8, 4) is 0 Å². The first-order chi connectivity index (χ1) is 7.06. The molecule has 0 amide bonds. The number of benzene rings is 1. The lowest BCUT2D eigenvalue weighted by atomic mass is 10.2. The average molecular weight is 227 g/mol. The molecule has 0 bridgehead atoms. The summed E-state index contributed by atoms with van der Waals surface area (Å²) in [5.74, 6) is 0. The maximum Gasteiger partial charge on any atom is 0.273 e. The van der Waals surface area contributed by atoms with E-state index in [4.69, 9.17) is 5.11 Å². The van der Waals surface area contributed by atoms with Gasteiger partial charge in [-0.15, -0.1) is 11.8 Å². The fraction of sp³-hybridized carbons (Fsp3) is 0.400. The molecule has 0 aliphatic carbocycles. The van der Waals surface area contributed by atoms with E-state index in [0.717, 1.165) is 4.90 Å². The van der Waals surface area contributed by atoms with Gasteiger partial charge in [0.2, 0.25) is 0 Å². The fourth-order valence-corrected chi connectivity index (χ4v) is 2.13. The minimum atomic E-state index is -0.386. The minimum Gasteiger partial charge on any atom is -0.395 e. The van der Waals surface area contributed by atoms with Gasteiger partial charge in [0, 0.05) is 21.8 Å². The Balaban J connectivity index is 2.99. The topological polar surface area (TPSA) is 63.4 Å². The average Bonchev–Trinajstić information content (AvgIpc) is 2.20. The van der Waals surface area contributed by atoms with Gasteiger partial charge >= 0.3 is 0 Å². The zero-order chi connectivity index (χ0) is 11.4. The molecular weight excluding hydrogens is 214 g/mol. The smallest absolute Gasteiger partial charge is 0.273 e. The van der Waals surface area contributed by atoms with Gasteiger partial charge in [0.15, 0.2) is 0 Å². The van der Waals surface area contributed by atoms with Crippen LogP contribution in [-0.2, 0) is 0 Å². The summed E-state index contributed by atoms with van der Waals surface area (Å²) in [7, 11) is 0. The Kier molecular flexibility index (Phi) is 4.11. The number of hydrogen-bond acceptors (Lipinski definition) is 4.